The number of aromatic nitrogens is 1. The number of nitrogens with two attached hydrogens (primary N) is 1. The molecular formula is C15H17BrN2O. The predicted octanol–water partition coefficient (Wildman–Crippen LogP) is 4.35. The molecule has 0 unspecified atom stereocenters. The third kappa shape index (κ3) is 3.55. The minimum atomic E-state index is -0.0124. The van der Waals surface area contributed by atoms with E-state index < -0.39 is 0 Å². The van der Waals surface area contributed by atoms with Crippen molar-refractivity contribution in [2.75, 3.05) is 0 Å². The molecule has 0 aliphatic heterocycles. The van der Waals surface area contributed by atoms with E-state index in [4.69, 9.17) is 10.5 Å². The van der Waals surface area contributed by atoms with Gasteiger partial charge in [-0.2, -0.15) is 0 Å². The van der Waals surface area contributed by atoms with Gasteiger partial charge in [0, 0.05) is 10.5 Å². The van der Waals surface area contributed by atoms with Crippen LogP contribution < -0.4 is 10.5 Å². The van der Waals surface area contributed by atoms with Gasteiger partial charge in [0.25, 0.3) is 0 Å². The molecule has 1 aromatic heterocycles. The Balaban J connectivity index is 2.17. The summed E-state index contributed by atoms with van der Waals surface area (Å²) in [6, 6.07) is 9.75. The smallest absolute Gasteiger partial charge is 0.145 e. The van der Waals surface area contributed by atoms with E-state index in [1.165, 1.54) is 0 Å². The van der Waals surface area contributed by atoms with Crippen molar-refractivity contribution in [3.05, 3.63) is 52.3 Å². The third-order valence-electron chi connectivity index (χ3n) is 2.96. The van der Waals surface area contributed by atoms with Crippen LogP contribution in [0.5, 0.6) is 11.5 Å². The van der Waals surface area contributed by atoms with Gasteiger partial charge in [0.15, 0.2) is 0 Å². The van der Waals surface area contributed by atoms with Crippen molar-refractivity contribution >= 4 is 15.9 Å². The zero-order valence-corrected chi connectivity index (χ0v) is 12.6. The molecule has 1 aromatic carbocycles. The zero-order chi connectivity index (χ0) is 13.8. The highest BCUT2D eigenvalue weighted by Crippen LogP contribution is 2.28. The monoisotopic (exact) mass is 320 g/mol. The maximum atomic E-state index is 5.93. The van der Waals surface area contributed by atoms with Gasteiger partial charge in [-0.25, -0.2) is 0 Å². The van der Waals surface area contributed by atoms with Gasteiger partial charge in [-0.1, -0.05) is 28.9 Å². The Morgan fingerprint density at radius 1 is 1.32 bits per heavy atom. The van der Waals surface area contributed by atoms with Crippen LogP contribution in [0.15, 0.2) is 41.0 Å². The summed E-state index contributed by atoms with van der Waals surface area (Å²) in [4.78, 5) is 4.34. The second kappa shape index (κ2) is 6.17. The maximum absolute atomic E-state index is 5.93. The van der Waals surface area contributed by atoms with Gasteiger partial charge in [-0.3, -0.25) is 4.98 Å². The summed E-state index contributed by atoms with van der Waals surface area (Å²) >= 11 is 3.44. The number of pyridine rings is 1. The van der Waals surface area contributed by atoms with Crippen molar-refractivity contribution in [1.29, 1.82) is 0 Å². The van der Waals surface area contributed by atoms with Crippen molar-refractivity contribution in [3.63, 3.8) is 0 Å². The highest BCUT2D eigenvalue weighted by molar-refractivity contribution is 9.10. The summed E-state index contributed by atoms with van der Waals surface area (Å²) in [6.07, 6.45) is 2.59. The second-order valence-electron chi connectivity index (χ2n) is 4.45. The van der Waals surface area contributed by atoms with E-state index in [1.807, 2.05) is 44.2 Å². The van der Waals surface area contributed by atoms with E-state index in [9.17, 15) is 0 Å². The molecule has 0 aliphatic rings. The van der Waals surface area contributed by atoms with Crippen LogP contribution in [0.2, 0.25) is 0 Å². The quantitative estimate of drug-likeness (QED) is 0.910. The Hall–Kier alpha value is -1.39. The Kier molecular flexibility index (Phi) is 4.56. The fraction of sp³-hybridized carbons (Fsp3) is 0.267. The van der Waals surface area contributed by atoms with Crippen LogP contribution in [0.4, 0.5) is 0 Å². The average molecular weight is 321 g/mol. The summed E-state index contributed by atoms with van der Waals surface area (Å²) in [5, 5.41) is 0. The number of hydrogen-bond donors (Lipinski definition) is 1. The Labute approximate surface area is 121 Å². The molecular weight excluding hydrogens is 304 g/mol. The van der Waals surface area contributed by atoms with Crippen molar-refractivity contribution in [2.24, 2.45) is 5.73 Å². The van der Waals surface area contributed by atoms with Gasteiger partial charge in [-0.05, 0) is 43.2 Å². The lowest BCUT2D eigenvalue weighted by atomic mass is 10.1. The van der Waals surface area contributed by atoms with E-state index in [0.717, 1.165) is 27.9 Å². The lowest BCUT2D eigenvalue weighted by Gasteiger charge is -2.11. The van der Waals surface area contributed by atoms with E-state index in [1.54, 1.807) is 6.20 Å². The molecule has 4 heteroatoms. The van der Waals surface area contributed by atoms with E-state index in [2.05, 4.69) is 20.9 Å². The van der Waals surface area contributed by atoms with Crippen LogP contribution >= 0.6 is 15.9 Å². The normalized spacial score (nSPS) is 12.2. The Morgan fingerprint density at radius 3 is 2.74 bits per heavy atom. The standard InChI is InChI=1S/C15H17BrN2O/c1-3-13(17)14-7-6-12(9-18-14)19-15-8-11(16)5-4-10(15)2/h4-9,13H,3,17H2,1-2H3/t13-/m0/s1. The van der Waals surface area contributed by atoms with E-state index in [0.29, 0.717) is 5.75 Å². The first-order valence-electron chi connectivity index (χ1n) is 6.25. The van der Waals surface area contributed by atoms with Gasteiger partial charge in [0.2, 0.25) is 0 Å². The Morgan fingerprint density at radius 2 is 2.11 bits per heavy atom. The maximum Gasteiger partial charge on any atom is 0.145 e. The number of rotatable bonds is 4. The summed E-state index contributed by atoms with van der Waals surface area (Å²) in [7, 11) is 0. The first-order valence-corrected chi connectivity index (χ1v) is 7.05. The molecule has 2 aromatic rings. The molecule has 1 heterocycles. The van der Waals surface area contributed by atoms with Gasteiger partial charge in [0.05, 0.1) is 11.9 Å². The van der Waals surface area contributed by atoms with Crippen LogP contribution in [-0.2, 0) is 0 Å². The summed E-state index contributed by atoms with van der Waals surface area (Å²) < 4.78 is 6.82. The minimum Gasteiger partial charge on any atom is -0.455 e. The zero-order valence-electron chi connectivity index (χ0n) is 11.1. The highest BCUT2D eigenvalue weighted by Gasteiger charge is 2.06. The molecule has 0 spiro atoms. The molecule has 19 heavy (non-hydrogen) atoms. The van der Waals surface area contributed by atoms with Gasteiger partial charge < -0.3 is 10.5 Å². The number of ether oxygens (including phenoxy) is 1. The Bertz CT molecular complexity index is 555. The summed E-state index contributed by atoms with van der Waals surface area (Å²) in [6.45, 7) is 4.05. The predicted molar refractivity (Wildman–Crippen MR) is 80.4 cm³/mol. The van der Waals surface area contributed by atoms with Crippen molar-refractivity contribution < 1.29 is 4.74 Å². The van der Waals surface area contributed by atoms with Gasteiger partial charge in [0.1, 0.15) is 11.5 Å². The lowest BCUT2D eigenvalue weighted by molar-refractivity contribution is 0.475. The first kappa shape index (κ1) is 14.0. The SMILES string of the molecule is CC[C@H](N)c1ccc(Oc2cc(Br)ccc2C)cn1. The molecule has 0 bridgehead atoms. The number of nitrogens with zero attached hydrogens (tertiary/aromatic N) is 1. The fourth-order valence-electron chi connectivity index (χ4n) is 1.69. The van der Waals surface area contributed by atoms with Gasteiger partial charge >= 0.3 is 0 Å². The fourth-order valence-corrected chi connectivity index (χ4v) is 2.03. The van der Waals surface area contributed by atoms with Crippen molar-refractivity contribution in [1.82, 2.24) is 4.98 Å². The average Bonchev–Trinajstić information content (AvgIpc) is 2.43. The highest BCUT2D eigenvalue weighted by atomic mass is 79.9. The summed E-state index contributed by atoms with van der Waals surface area (Å²) in [5.74, 6) is 1.54. The van der Waals surface area contributed by atoms with Crippen molar-refractivity contribution in [2.45, 2.75) is 26.3 Å². The lowest BCUT2D eigenvalue weighted by Crippen LogP contribution is -2.10. The van der Waals surface area contributed by atoms with Gasteiger partial charge in [-0.15, -0.1) is 0 Å². The summed E-state index contributed by atoms with van der Waals surface area (Å²) in [5.41, 5.74) is 7.90. The van der Waals surface area contributed by atoms with Crippen LogP contribution in [0, 0.1) is 6.92 Å². The first-order chi connectivity index (χ1) is 9.10. The second-order valence-corrected chi connectivity index (χ2v) is 5.36. The van der Waals surface area contributed by atoms with Crippen LogP contribution in [-0.4, -0.2) is 4.98 Å². The molecule has 0 radical (unpaired) electrons. The van der Waals surface area contributed by atoms with Crippen LogP contribution in [0.3, 0.4) is 0 Å². The van der Waals surface area contributed by atoms with E-state index in [-0.39, 0.29) is 6.04 Å². The number of halogens is 1. The topological polar surface area (TPSA) is 48.1 Å². The molecule has 0 fully saturated rings. The number of benzene rings is 1. The molecule has 0 aliphatic carbocycles. The molecule has 2 rings (SSSR count). The van der Waals surface area contributed by atoms with Crippen molar-refractivity contribution in [3.8, 4) is 11.5 Å². The molecule has 1 atom stereocenters. The molecule has 0 amide bonds. The molecule has 100 valence electrons. The molecule has 0 saturated carbocycles. The molecule has 3 nitrogen and oxygen atoms in total. The largest absolute Gasteiger partial charge is 0.455 e. The molecule has 0 saturated heterocycles. The number of aryl methyl sites for hydroxylation is 1. The molecule has 2 N–H and O–H groups in total. The van der Waals surface area contributed by atoms with Crippen LogP contribution in [0.25, 0.3) is 0 Å². The third-order valence-corrected chi connectivity index (χ3v) is 3.45. The van der Waals surface area contributed by atoms with Crippen LogP contribution in [0.1, 0.15) is 30.6 Å². The van der Waals surface area contributed by atoms with E-state index >= 15 is 0 Å². The number of hydrogen-bond acceptors (Lipinski definition) is 3. The minimum absolute atomic E-state index is 0.0124.